The Morgan fingerprint density at radius 1 is 0.926 bits per heavy atom. The van der Waals surface area contributed by atoms with Gasteiger partial charge in [-0.3, -0.25) is 4.79 Å². The molecule has 0 fully saturated rings. The van der Waals surface area contributed by atoms with Gasteiger partial charge in [0.15, 0.2) is 16.6 Å². The van der Waals surface area contributed by atoms with Crippen molar-refractivity contribution >= 4 is 22.6 Å². The fourth-order valence-corrected chi connectivity index (χ4v) is 9.10. The first-order valence-electron chi connectivity index (χ1n) is 9.79. The molecule has 0 radical (unpaired) electrons. The van der Waals surface area contributed by atoms with Gasteiger partial charge in [0.05, 0.1) is 7.11 Å². The Bertz CT molecular complexity index is 467. The molecule has 0 aromatic rings. The third-order valence-corrected chi connectivity index (χ3v) is 16.7. The van der Waals surface area contributed by atoms with Gasteiger partial charge in [-0.1, -0.05) is 41.5 Å². The lowest BCUT2D eigenvalue weighted by atomic mass is 10.2. The zero-order chi connectivity index (χ0) is 21.9. The normalized spacial score (nSPS) is 12.4. The fraction of sp³-hybridized carbons (Fsp3) is 0.810. The van der Waals surface area contributed by atoms with E-state index >= 15 is 0 Å². The van der Waals surface area contributed by atoms with Crippen LogP contribution >= 0.6 is 0 Å². The summed E-state index contributed by atoms with van der Waals surface area (Å²) in [7, 11) is -1.81. The van der Waals surface area contributed by atoms with E-state index in [-0.39, 0.29) is 12.6 Å². The number of aliphatic hydroxyl groups excluding tert-OH is 1. The highest BCUT2D eigenvalue weighted by Gasteiger charge is 2.46. The molecule has 0 spiro atoms. The summed E-state index contributed by atoms with van der Waals surface area (Å²) < 4.78 is 11.1. The Morgan fingerprint density at radius 3 is 1.67 bits per heavy atom. The smallest absolute Gasteiger partial charge is 0.305 e. The van der Waals surface area contributed by atoms with E-state index in [9.17, 15) is 4.79 Å². The summed E-state index contributed by atoms with van der Waals surface area (Å²) >= 11 is 0. The Kier molecular flexibility index (Phi) is 12.7. The minimum atomic E-state index is -1.59. The topological polar surface area (TPSA) is 55.8 Å². The molecule has 0 saturated carbocycles. The molecule has 0 rings (SSSR count). The molecular formula is C21H44O4Si2. The third-order valence-electron chi connectivity index (χ3n) is 5.35. The highest BCUT2D eigenvalue weighted by molar-refractivity contribution is 6.87. The third kappa shape index (κ3) is 12.4. The maximum atomic E-state index is 10.6. The molecule has 0 saturated heterocycles. The number of esters is 1. The van der Waals surface area contributed by atoms with Crippen molar-refractivity contribution in [3.05, 3.63) is 17.9 Å². The van der Waals surface area contributed by atoms with Gasteiger partial charge in [-0.25, -0.2) is 0 Å². The second-order valence-corrected chi connectivity index (χ2v) is 19.7. The van der Waals surface area contributed by atoms with E-state index in [1.165, 1.54) is 7.11 Å². The summed E-state index contributed by atoms with van der Waals surface area (Å²) in [4.78, 5) is 10.6. The van der Waals surface area contributed by atoms with Gasteiger partial charge < -0.3 is 14.0 Å². The summed E-state index contributed by atoms with van der Waals surface area (Å²) in [5, 5.41) is 9.03. The fourth-order valence-electron chi connectivity index (χ4n) is 1.55. The van der Waals surface area contributed by atoms with Crippen molar-refractivity contribution in [1.82, 2.24) is 0 Å². The molecule has 0 atom stereocenters. The lowest BCUT2D eigenvalue weighted by molar-refractivity contribution is -0.140. The number of aliphatic hydroxyl groups is 1. The van der Waals surface area contributed by atoms with Crippen LogP contribution in [-0.2, 0) is 13.6 Å². The highest BCUT2D eigenvalue weighted by Crippen LogP contribution is 2.44. The molecule has 0 bridgehead atoms. The van der Waals surface area contributed by atoms with Crippen LogP contribution in [-0.4, -0.2) is 41.4 Å². The standard InChI is InChI=1S/C12H30OSi2.C9H14O3/c1-11(2,3)14(7,8)13-15(9,10)12(4,5)6;1-12-9(11)7-5-3-2-4-6-8-10/h1-10H3;3-4,10H,5-8H2,1H3. The number of methoxy groups -OCH3 is 1. The molecular weight excluding hydrogens is 372 g/mol. The van der Waals surface area contributed by atoms with Gasteiger partial charge in [0.1, 0.15) is 0 Å². The van der Waals surface area contributed by atoms with E-state index in [2.05, 4.69) is 78.2 Å². The van der Waals surface area contributed by atoms with E-state index in [1.807, 2.05) is 0 Å². The second-order valence-electron chi connectivity index (χ2n) is 9.82. The van der Waals surface area contributed by atoms with Gasteiger partial charge in [0, 0.05) is 13.0 Å². The highest BCUT2D eigenvalue weighted by atomic mass is 28.4. The molecule has 27 heavy (non-hydrogen) atoms. The average molecular weight is 417 g/mol. The number of hydrogen-bond donors (Lipinski definition) is 1. The summed E-state index contributed by atoms with van der Waals surface area (Å²) in [6.07, 6.45) is 5.11. The van der Waals surface area contributed by atoms with E-state index in [0.717, 1.165) is 0 Å². The zero-order valence-electron chi connectivity index (χ0n) is 19.7. The average Bonchev–Trinajstić information content (AvgIpc) is 2.47. The predicted octanol–water partition coefficient (Wildman–Crippen LogP) is 6.05. The predicted molar refractivity (Wildman–Crippen MR) is 121 cm³/mol. The van der Waals surface area contributed by atoms with Crippen molar-refractivity contribution in [3.63, 3.8) is 0 Å². The molecule has 0 heterocycles. The van der Waals surface area contributed by atoms with Crippen molar-refractivity contribution in [2.75, 3.05) is 13.7 Å². The van der Waals surface area contributed by atoms with Crippen LogP contribution in [0.15, 0.2) is 17.9 Å². The van der Waals surface area contributed by atoms with Crippen LogP contribution in [0.2, 0.25) is 36.3 Å². The molecule has 0 aliphatic heterocycles. The van der Waals surface area contributed by atoms with Crippen molar-refractivity contribution in [2.24, 2.45) is 0 Å². The van der Waals surface area contributed by atoms with E-state index in [4.69, 9.17) is 9.22 Å². The van der Waals surface area contributed by atoms with Gasteiger partial charge in [0.25, 0.3) is 0 Å². The van der Waals surface area contributed by atoms with E-state index in [0.29, 0.717) is 29.3 Å². The lowest BCUT2D eigenvalue weighted by Crippen LogP contribution is -2.53. The van der Waals surface area contributed by atoms with Gasteiger partial charge in [0.2, 0.25) is 0 Å². The number of rotatable bonds is 7. The number of carbonyl (C=O) groups is 1. The summed E-state index contributed by atoms with van der Waals surface area (Å²) in [6.45, 7) is 23.4. The van der Waals surface area contributed by atoms with Crippen LogP contribution in [0, 0.1) is 0 Å². The zero-order valence-corrected chi connectivity index (χ0v) is 21.7. The van der Waals surface area contributed by atoms with Crippen LogP contribution in [0.3, 0.4) is 0 Å². The summed E-state index contributed by atoms with van der Waals surface area (Å²) in [6, 6.07) is 0. The molecule has 0 aromatic heterocycles. The van der Waals surface area contributed by atoms with Gasteiger partial charge in [-0.2, -0.15) is 0 Å². The second kappa shape index (κ2) is 12.0. The Morgan fingerprint density at radius 2 is 1.33 bits per heavy atom. The summed E-state index contributed by atoms with van der Waals surface area (Å²) in [5.41, 5.74) is 2.85. The maximum Gasteiger partial charge on any atom is 0.305 e. The molecule has 0 aliphatic rings. The number of ether oxygens (including phenoxy) is 1. The minimum absolute atomic E-state index is 0.137. The van der Waals surface area contributed by atoms with Crippen LogP contribution < -0.4 is 0 Å². The SMILES string of the molecule is CC(C)(C)[Si](C)(C)O[Si](C)(C)C(C)(C)C.COC(=O)CCC=C=CCCO. The Labute approximate surface area is 170 Å². The molecule has 160 valence electrons. The monoisotopic (exact) mass is 416 g/mol. The van der Waals surface area contributed by atoms with E-state index in [1.54, 1.807) is 12.2 Å². The molecule has 4 nitrogen and oxygen atoms in total. The number of carbonyl (C=O) groups excluding carboxylic acids is 1. The molecule has 1 N–H and O–H groups in total. The first kappa shape index (κ1) is 28.6. The summed E-state index contributed by atoms with van der Waals surface area (Å²) in [5.74, 6) is -0.213. The maximum absolute atomic E-state index is 10.6. The number of hydrogen-bond acceptors (Lipinski definition) is 4. The van der Waals surface area contributed by atoms with Gasteiger partial charge >= 0.3 is 5.97 Å². The molecule has 0 aliphatic carbocycles. The Hall–Kier alpha value is -0.656. The first-order chi connectivity index (χ1) is 12.0. The van der Waals surface area contributed by atoms with Crippen molar-refractivity contribution in [1.29, 1.82) is 0 Å². The quantitative estimate of drug-likeness (QED) is 0.312. The van der Waals surface area contributed by atoms with Crippen molar-refractivity contribution < 1.29 is 18.8 Å². The van der Waals surface area contributed by atoms with Crippen LogP contribution in [0.5, 0.6) is 0 Å². The molecule has 0 unspecified atom stereocenters. The lowest BCUT2D eigenvalue weighted by Gasteiger charge is -2.47. The largest absolute Gasteiger partial charge is 0.469 e. The van der Waals surface area contributed by atoms with Crippen LogP contribution in [0.25, 0.3) is 0 Å². The minimum Gasteiger partial charge on any atom is -0.469 e. The van der Waals surface area contributed by atoms with Gasteiger partial charge in [-0.15, -0.1) is 5.73 Å². The van der Waals surface area contributed by atoms with Crippen molar-refractivity contribution in [2.45, 2.75) is 97.1 Å². The van der Waals surface area contributed by atoms with Gasteiger partial charge in [-0.05, 0) is 61.3 Å². The first-order valence-corrected chi connectivity index (χ1v) is 15.6. The molecule has 0 amide bonds. The van der Waals surface area contributed by atoms with Crippen LogP contribution in [0.4, 0.5) is 0 Å². The molecule has 6 heteroatoms. The van der Waals surface area contributed by atoms with Crippen LogP contribution in [0.1, 0.15) is 60.8 Å². The van der Waals surface area contributed by atoms with Crippen molar-refractivity contribution in [3.8, 4) is 0 Å². The van der Waals surface area contributed by atoms with E-state index < -0.39 is 16.6 Å². The molecule has 0 aromatic carbocycles. The Balaban J connectivity index is 0.